The molecule has 2 N–H and O–H groups in total. The van der Waals surface area contributed by atoms with Crippen molar-refractivity contribution in [2.45, 2.75) is 31.0 Å². The van der Waals surface area contributed by atoms with Gasteiger partial charge in [-0.1, -0.05) is 41.9 Å². The van der Waals surface area contributed by atoms with Crippen molar-refractivity contribution < 1.29 is 0 Å². The molecule has 0 radical (unpaired) electrons. The zero-order valence-electron chi connectivity index (χ0n) is 18.1. The average molecular weight is 446 g/mol. The van der Waals surface area contributed by atoms with E-state index in [9.17, 15) is 0 Å². The lowest BCUT2D eigenvalue weighted by molar-refractivity contribution is 0.293. The van der Waals surface area contributed by atoms with Crippen molar-refractivity contribution in [3.05, 3.63) is 64.7 Å². The summed E-state index contributed by atoms with van der Waals surface area (Å²) in [6.07, 6.45) is 0.941. The lowest BCUT2D eigenvalue weighted by Gasteiger charge is -2.26. The molecule has 1 aliphatic heterocycles. The fourth-order valence-corrected chi connectivity index (χ4v) is 3.97. The second-order valence-electron chi connectivity index (χ2n) is 8.03. The minimum atomic E-state index is -0.150. The maximum atomic E-state index is 6.34. The van der Waals surface area contributed by atoms with E-state index in [1.165, 1.54) is 0 Å². The van der Waals surface area contributed by atoms with E-state index >= 15 is 0 Å². The van der Waals surface area contributed by atoms with Crippen molar-refractivity contribution in [2.75, 3.05) is 39.1 Å². The zero-order valence-corrected chi connectivity index (χ0v) is 19.8. The standard InChI is InChI=1S/C23H32ClN5S/c1-16(28(2)3)12-13-25-23(30)27-21-15-29(4)20-11-10-18(24)14-19(20)22(26-21)17-8-6-5-7-9-17/h5-11,14,16,21,23,25,27,30H,12-13,15H2,1-4H3. The van der Waals surface area contributed by atoms with Gasteiger partial charge in [0, 0.05) is 34.9 Å². The Morgan fingerprint density at radius 2 is 1.97 bits per heavy atom. The molecule has 7 heteroatoms. The molecule has 3 atom stereocenters. The summed E-state index contributed by atoms with van der Waals surface area (Å²) in [7, 11) is 6.29. The van der Waals surface area contributed by atoms with Gasteiger partial charge < -0.3 is 9.80 Å². The molecule has 0 amide bonds. The Hall–Kier alpha value is -1.57. The van der Waals surface area contributed by atoms with Crippen molar-refractivity contribution in [3.63, 3.8) is 0 Å². The highest BCUT2D eigenvalue weighted by molar-refractivity contribution is 7.80. The van der Waals surface area contributed by atoms with Gasteiger partial charge in [-0.2, -0.15) is 0 Å². The molecule has 2 aromatic carbocycles. The van der Waals surface area contributed by atoms with Crippen LogP contribution in [0.3, 0.4) is 0 Å². The van der Waals surface area contributed by atoms with Crippen LogP contribution in [0, 0.1) is 0 Å². The van der Waals surface area contributed by atoms with Crippen molar-refractivity contribution in [2.24, 2.45) is 4.99 Å². The number of anilines is 1. The van der Waals surface area contributed by atoms with Gasteiger partial charge in [0.2, 0.25) is 0 Å². The van der Waals surface area contributed by atoms with E-state index in [-0.39, 0.29) is 11.7 Å². The Morgan fingerprint density at radius 1 is 1.23 bits per heavy atom. The first-order valence-electron chi connectivity index (χ1n) is 10.3. The summed E-state index contributed by atoms with van der Waals surface area (Å²) in [6, 6.07) is 16.8. The Balaban J connectivity index is 1.80. The number of nitrogens with one attached hydrogen (secondary N) is 2. The number of thiol groups is 1. The molecule has 3 rings (SSSR count). The van der Waals surface area contributed by atoms with Crippen LogP contribution in [0.2, 0.25) is 5.02 Å². The van der Waals surface area contributed by atoms with Crippen LogP contribution in [0.25, 0.3) is 0 Å². The van der Waals surface area contributed by atoms with Gasteiger partial charge in [-0.05, 0) is 52.2 Å². The Kier molecular flexibility index (Phi) is 8.20. The highest BCUT2D eigenvalue weighted by Gasteiger charge is 2.24. The Labute approximate surface area is 190 Å². The van der Waals surface area contributed by atoms with E-state index in [1.54, 1.807) is 0 Å². The maximum Gasteiger partial charge on any atom is 0.120 e. The number of hydrogen-bond donors (Lipinski definition) is 3. The molecule has 1 heterocycles. The first kappa shape index (κ1) is 23.1. The van der Waals surface area contributed by atoms with Crippen LogP contribution in [-0.4, -0.2) is 62.5 Å². The van der Waals surface area contributed by atoms with E-state index in [0.717, 1.165) is 42.0 Å². The molecule has 0 fully saturated rings. The Bertz CT molecular complexity index is 858. The van der Waals surface area contributed by atoms with Crippen LogP contribution in [0.15, 0.2) is 53.5 Å². The third kappa shape index (κ3) is 5.99. The molecule has 0 bridgehead atoms. The van der Waals surface area contributed by atoms with Crippen LogP contribution in [0.5, 0.6) is 0 Å². The first-order chi connectivity index (χ1) is 14.3. The second-order valence-corrected chi connectivity index (χ2v) is 8.98. The smallest absolute Gasteiger partial charge is 0.120 e. The van der Waals surface area contributed by atoms with E-state index < -0.39 is 0 Å². The van der Waals surface area contributed by atoms with Crippen LogP contribution in [0.1, 0.15) is 24.5 Å². The number of rotatable bonds is 8. The number of nitrogens with zero attached hydrogens (tertiary/aromatic N) is 3. The number of fused-ring (bicyclic) bond motifs is 1. The SMILES string of the molecule is CC(CCNC(S)NC1CN(C)c2ccc(Cl)cc2C(c2ccccc2)=N1)N(C)C. The van der Waals surface area contributed by atoms with Crippen LogP contribution >= 0.6 is 24.2 Å². The summed E-state index contributed by atoms with van der Waals surface area (Å²) in [5, 5.41) is 7.68. The van der Waals surface area contributed by atoms with Crippen molar-refractivity contribution in [3.8, 4) is 0 Å². The first-order valence-corrected chi connectivity index (χ1v) is 11.2. The summed E-state index contributed by atoms with van der Waals surface area (Å²) in [5.41, 5.74) is 4.03. The molecule has 5 nitrogen and oxygen atoms in total. The summed E-state index contributed by atoms with van der Waals surface area (Å²) in [6.45, 7) is 3.84. The largest absolute Gasteiger partial charge is 0.371 e. The highest BCUT2D eigenvalue weighted by Crippen LogP contribution is 2.29. The number of benzodiazepines with no additional fused rings is 1. The fraction of sp³-hybridized carbons (Fsp3) is 0.435. The minimum absolute atomic E-state index is 0.113. The van der Waals surface area contributed by atoms with Crippen LogP contribution in [-0.2, 0) is 0 Å². The predicted molar refractivity (Wildman–Crippen MR) is 132 cm³/mol. The average Bonchev–Trinajstić information content (AvgIpc) is 2.84. The zero-order chi connectivity index (χ0) is 21.7. The van der Waals surface area contributed by atoms with Gasteiger partial charge in [0.25, 0.3) is 0 Å². The summed E-state index contributed by atoms with van der Waals surface area (Å²) < 4.78 is 0. The van der Waals surface area contributed by atoms with Crippen LogP contribution < -0.4 is 15.5 Å². The second kappa shape index (κ2) is 10.6. The quantitative estimate of drug-likeness (QED) is 0.428. The molecule has 1 aliphatic rings. The molecule has 0 aromatic heterocycles. The normalized spacial score (nSPS) is 18.6. The van der Waals surface area contributed by atoms with E-state index in [1.807, 2.05) is 30.3 Å². The molecule has 0 spiro atoms. The van der Waals surface area contributed by atoms with Gasteiger partial charge in [-0.25, -0.2) is 0 Å². The topological polar surface area (TPSA) is 42.9 Å². The van der Waals surface area contributed by atoms with Gasteiger partial charge in [0.05, 0.1) is 12.3 Å². The number of aliphatic imine (C=N–C) groups is 1. The number of hydrogen-bond acceptors (Lipinski definition) is 6. The third-order valence-corrected chi connectivity index (χ3v) is 6.10. The molecule has 2 aromatic rings. The number of halogens is 1. The molecular formula is C23H32ClN5S. The summed E-state index contributed by atoms with van der Waals surface area (Å²) in [5.74, 6) is 0. The van der Waals surface area contributed by atoms with Gasteiger partial charge in [0.15, 0.2) is 0 Å². The predicted octanol–water partition coefficient (Wildman–Crippen LogP) is 3.69. The van der Waals surface area contributed by atoms with Crippen molar-refractivity contribution >= 4 is 35.6 Å². The van der Waals surface area contributed by atoms with E-state index in [0.29, 0.717) is 11.1 Å². The van der Waals surface area contributed by atoms with Crippen molar-refractivity contribution in [1.29, 1.82) is 0 Å². The molecular weight excluding hydrogens is 414 g/mol. The van der Waals surface area contributed by atoms with Gasteiger partial charge in [0.1, 0.15) is 11.7 Å². The molecule has 0 saturated heterocycles. The molecule has 3 unspecified atom stereocenters. The van der Waals surface area contributed by atoms with E-state index in [2.05, 4.69) is 66.7 Å². The van der Waals surface area contributed by atoms with Gasteiger partial charge in [-0.15, -0.1) is 12.6 Å². The third-order valence-electron chi connectivity index (χ3n) is 5.54. The Morgan fingerprint density at radius 3 is 2.67 bits per heavy atom. The number of benzene rings is 2. The summed E-state index contributed by atoms with van der Waals surface area (Å²) in [4.78, 5) is 9.54. The monoisotopic (exact) mass is 445 g/mol. The fourth-order valence-electron chi connectivity index (χ4n) is 3.50. The van der Waals surface area contributed by atoms with Gasteiger partial charge in [-0.3, -0.25) is 15.6 Å². The highest BCUT2D eigenvalue weighted by atomic mass is 35.5. The molecule has 162 valence electrons. The molecule has 0 aliphatic carbocycles. The lowest BCUT2D eigenvalue weighted by Crippen LogP contribution is -2.48. The lowest BCUT2D eigenvalue weighted by atomic mass is 10.0. The minimum Gasteiger partial charge on any atom is -0.371 e. The molecule has 0 saturated carbocycles. The van der Waals surface area contributed by atoms with Gasteiger partial charge >= 0.3 is 0 Å². The van der Waals surface area contributed by atoms with Crippen LogP contribution in [0.4, 0.5) is 5.69 Å². The summed E-state index contributed by atoms with van der Waals surface area (Å²) >= 11 is 11.1. The maximum absolute atomic E-state index is 6.34. The van der Waals surface area contributed by atoms with E-state index in [4.69, 9.17) is 29.2 Å². The molecule has 30 heavy (non-hydrogen) atoms. The number of likely N-dealkylation sites (N-methyl/N-ethyl adjacent to an activating group) is 1. The van der Waals surface area contributed by atoms with Crippen molar-refractivity contribution in [1.82, 2.24) is 15.5 Å².